The summed E-state index contributed by atoms with van der Waals surface area (Å²) in [6.07, 6.45) is 1.58. The van der Waals surface area contributed by atoms with Crippen molar-refractivity contribution >= 4 is 68.2 Å². The molecule has 2 amide bonds. The van der Waals surface area contributed by atoms with Crippen molar-refractivity contribution in [1.82, 2.24) is 0 Å². The lowest BCUT2D eigenvalue weighted by molar-refractivity contribution is -0.142. The summed E-state index contributed by atoms with van der Waals surface area (Å²) in [5.74, 6) is -0.664. The Balaban J connectivity index is 1.85. The zero-order chi connectivity index (χ0) is 20.3. The van der Waals surface area contributed by atoms with E-state index in [-0.39, 0.29) is 27.5 Å². The van der Waals surface area contributed by atoms with Gasteiger partial charge in [0.2, 0.25) is 0 Å². The van der Waals surface area contributed by atoms with Gasteiger partial charge >= 0.3 is 5.97 Å². The number of thioether (sulfide) groups is 1. The van der Waals surface area contributed by atoms with Gasteiger partial charge in [0.05, 0.1) is 27.2 Å². The van der Waals surface area contributed by atoms with Gasteiger partial charge in [0.15, 0.2) is 12.4 Å². The quantitative estimate of drug-likeness (QED) is 0.446. The number of nitrogens with zero attached hydrogens (tertiary/aromatic N) is 1. The van der Waals surface area contributed by atoms with Gasteiger partial charge in [-0.2, -0.15) is 0 Å². The minimum atomic E-state index is -0.540. The molecule has 0 spiro atoms. The van der Waals surface area contributed by atoms with Crippen LogP contribution < -0.4 is 9.64 Å². The highest BCUT2D eigenvalue weighted by atomic mass is 79.9. The van der Waals surface area contributed by atoms with Gasteiger partial charge < -0.3 is 9.47 Å². The number of para-hydroxylation sites is 1. The van der Waals surface area contributed by atoms with Crippen LogP contribution in [0.3, 0.4) is 0 Å². The van der Waals surface area contributed by atoms with Gasteiger partial charge in [-0.05, 0) is 63.6 Å². The summed E-state index contributed by atoms with van der Waals surface area (Å²) in [6, 6.07) is 12.0. The van der Waals surface area contributed by atoms with Crippen molar-refractivity contribution in [3.05, 3.63) is 62.4 Å². The third kappa shape index (κ3) is 4.40. The Morgan fingerprint density at radius 1 is 1.25 bits per heavy atom. The van der Waals surface area contributed by atoms with Crippen LogP contribution in [0.2, 0.25) is 5.02 Å². The third-order valence-electron chi connectivity index (χ3n) is 3.69. The number of anilines is 1. The molecule has 0 N–H and O–H groups in total. The summed E-state index contributed by atoms with van der Waals surface area (Å²) in [5.41, 5.74) is 1.11. The second-order valence-corrected chi connectivity index (χ2v) is 7.79. The molecular weight excluding hydrogens is 470 g/mol. The van der Waals surface area contributed by atoms with Gasteiger partial charge in [0.1, 0.15) is 0 Å². The van der Waals surface area contributed by atoms with Crippen molar-refractivity contribution in [3.8, 4) is 5.75 Å². The maximum Gasteiger partial charge on any atom is 0.343 e. The SMILES string of the molecule is COC(=O)COc1c(Cl)cc(/C=C2\SC(=O)N(c3ccccc3)C2=O)cc1Br. The van der Waals surface area contributed by atoms with Crippen molar-refractivity contribution in [3.63, 3.8) is 0 Å². The van der Waals surface area contributed by atoms with Crippen molar-refractivity contribution < 1.29 is 23.9 Å². The number of methoxy groups -OCH3 is 1. The molecule has 1 aliphatic heterocycles. The predicted octanol–water partition coefficient (Wildman–Crippen LogP) is 4.90. The summed E-state index contributed by atoms with van der Waals surface area (Å²) in [5, 5.41) is -0.127. The van der Waals surface area contributed by atoms with E-state index in [0.29, 0.717) is 15.7 Å². The molecule has 2 aromatic carbocycles. The molecule has 1 heterocycles. The largest absolute Gasteiger partial charge is 0.479 e. The molecular formula is C19H13BrClNO5S. The molecule has 0 aromatic heterocycles. The highest BCUT2D eigenvalue weighted by Crippen LogP contribution is 2.38. The van der Waals surface area contributed by atoms with E-state index < -0.39 is 11.9 Å². The lowest BCUT2D eigenvalue weighted by Gasteiger charge is -2.12. The van der Waals surface area contributed by atoms with Crippen LogP contribution in [0.15, 0.2) is 51.8 Å². The first-order valence-electron chi connectivity index (χ1n) is 7.92. The van der Waals surface area contributed by atoms with Crippen LogP contribution in [0, 0.1) is 0 Å². The average molecular weight is 483 g/mol. The summed E-state index contributed by atoms with van der Waals surface area (Å²) < 4.78 is 10.4. The number of esters is 1. The normalized spacial score (nSPS) is 15.2. The Hall–Kier alpha value is -2.29. The van der Waals surface area contributed by atoms with E-state index >= 15 is 0 Å². The van der Waals surface area contributed by atoms with Crippen molar-refractivity contribution in [1.29, 1.82) is 0 Å². The standard InChI is InChI=1S/C19H13BrClNO5S/c1-26-16(23)10-27-17-13(20)7-11(8-14(17)21)9-15-18(24)22(19(25)28-15)12-5-3-2-4-6-12/h2-9H,10H2,1H3/b15-9-. The summed E-state index contributed by atoms with van der Waals surface area (Å²) >= 11 is 10.4. The van der Waals surface area contributed by atoms with Crippen LogP contribution in [0.5, 0.6) is 5.75 Å². The molecule has 0 bridgehead atoms. The monoisotopic (exact) mass is 481 g/mol. The van der Waals surface area contributed by atoms with E-state index in [1.165, 1.54) is 7.11 Å². The van der Waals surface area contributed by atoms with Gasteiger partial charge in [0.25, 0.3) is 11.1 Å². The number of benzene rings is 2. The lowest BCUT2D eigenvalue weighted by Crippen LogP contribution is -2.27. The third-order valence-corrected chi connectivity index (χ3v) is 5.43. The molecule has 2 aromatic rings. The lowest BCUT2D eigenvalue weighted by atomic mass is 10.2. The van der Waals surface area contributed by atoms with Crippen LogP contribution in [0.25, 0.3) is 6.08 Å². The molecule has 0 atom stereocenters. The van der Waals surface area contributed by atoms with E-state index in [1.807, 2.05) is 6.07 Å². The van der Waals surface area contributed by atoms with E-state index in [9.17, 15) is 14.4 Å². The molecule has 3 rings (SSSR count). The van der Waals surface area contributed by atoms with Crippen LogP contribution in [0.4, 0.5) is 10.5 Å². The van der Waals surface area contributed by atoms with Gasteiger partial charge in [-0.25, -0.2) is 9.69 Å². The molecule has 9 heteroatoms. The van der Waals surface area contributed by atoms with Gasteiger partial charge in [0, 0.05) is 0 Å². The summed E-state index contributed by atoms with van der Waals surface area (Å²) in [6.45, 7) is -0.288. The number of carbonyl (C=O) groups is 3. The molecule has 28 heavy (non-hydrogen) atoms. The topological polar surface area (TPSA) is 72.9 Å². The molecule has 6 nitrogen and oxygen atoms in total. The van der Waals surface area contributed by atoms with Crippen molar-refractivity contribution in [2.45, 2.75) is 0 Å². The van der Waals surface area contributed by atoms with Gasteiger partial charge in [-0.15, -0.1) is 0 Å². The zero-order valence-electron chi connectivity index (χ0n) is 14.5. The fourth-order valence-corrected chi connectivity index (χ4v) is 4.24. The minimum absolute atomic E-state index is 0.242. The molecule has 0 radical (unpaired) electrons. The number of imide groups is 1. The van der Waals surface area contributed by atoms with E-state index in [1.54, 1.807) is 42.5 Å². The Morgan fingerprint density at radius 2 is 1.96 bits per heavy atom. The number of rotatable bonds is 5. The van der Waals surface area contributed by atoms with E-state index in [0.717, 1.165) is 16.7 Å². The van der Waals surface area contributed by atoms with Crippen molar-refractivity contribution in [2.75, 3.05) is 18.6 Å². The first kappa shape index (κ1) is 20.4. The number of halogens is 2. The Labute approximate surface area is 178 Å². The fourth-order valence-electron chi connectivity index (χ4n) is 2.41. The second kappa shape index (κ2) is 8.81. The Morgan fingerprint density at radius 3 is 2.61 bits per heavy atom. The van der Waals surface area contributed by atoms with Crippen molar-refractivity contribution in [2.24, 2.45) is 0 Å². The highest BCUT2D eigenvalue weighted by Gasteiger charge is 2.36. The summed E-state index contributed by atoms with van der Waals surface area (Å²) in [4.78, 5) is 37.6. The predicted molar refractivity (Wildman–Crippen MR) is 112 cm³/mol. The van der Waals surface area contributed by atoms with Crippen LogP contribution in [0.1, 0.15) is 5.56 Å². The maximum absolute atomic E-state index is 12.7. The number of hydrogen-bond acceptors (Lipinski definition) is 6. The van der Waals surface area contributed by atoms with Gasteiger partial charge in [-0.3, -0.25) is 9.59 Å². The summed E-state index contributed by atoms with van der Waals surface area (Å²) in [7, 11) is 1.26. The highest BCUT2D eigenvalue weighted by molar-refractivity contribution is 9.10. The zero-order valence-corrected chi connectivity index (χ0v) is 17.6. The second-order valence-electron chi connectivity index (χ2n) is 5.53. The number of carbonyl (C=O) groups excluding carboxylic acids is 3. The first-order valence-corrected chi connectivity index (χ1v) is 9.91. The Kier molecular flexibility index (Phi) is 6.43. The smallest absolute Gasteiger partial charge is 0.343 e. The number of amides is 2. The number of ether oxygens (including phenoxy) is 2. The van der Waals surface area contributed by atoms with Crippen LogP contribution in [-0.2, 0) is 14.3 Å². The van der Waals surface area contributed by atoms with Crippen LogP contribution in [-0.4, -0.2) is 30.8 Å². The maximum atomic E-state index is 12.7. The average Bonchev–Trinajstić information content (AvgIpc) is 2.94. The fraction of sp³-hybridized carbons (Fsp3) is 0.105. The van der Waals surface area contributed by atoms with Gasteiger partial charge in [-0.1, -0.05) is 29.8 Å². The van der Waals surface area contributed by atoms with E-state index in [2.05, 4.69) is 20.7 Å². The molecule has 0 unspecified atom stereocenters. The first-order chi connectivity index (χ1) is 13.4. The molecule has 0 saturated carbocycles. The minimum Gasteiger partial charge on any atom is -0.479 e. The van der Waals surface area contributed by atoms with Crippen LogP contribution >= 0.6 is 39.3 Å². The molecule has 144 valence electrons. The number of hydrogen-bond donors (Lipinski definition) is 0. The molecule has 1 aliphatic rings. The Bertz CT molecular complexity index is 957. The van der Waals surface area contributed by atoms with E-state index in [4.69, 9.17) is 16.3 Å². The molecule has 0 aliphatic carbocycles. The molecule has 1 fully saturated rings. The molecule has 1 saturated heterocycles.